The fourth-order valence-corrected chi connectivity index (χ4v) is 1.25. The molecule has 0 aliphatic carbocycles. The Hall–Kier alpha value is -2.04. The Morgan fingerprint density at radius 1 is 1.64 bits per heavy atom. The molecule has 2 N–H and O–H groups in total. The van der Waals surface area contributed by atoms with E-state index in [-0.39, 0.29) is 5.97 Å². The molecule has 2 aromatic rings. The number of hydrogen-bond acceptors (Lipinski definition) is 4. The number of anilines is 1. The molecule has 0 saturated heterocycles. The van der Waals surface area contributed by atoms with E-state index in [1.807, 2.05) is 0 Å². The second-order valence-corrected chi connectivity index (χ2v) is 2.82. The van der Waals surface area contributed by atoms with Crippen LogP contribution in [-0.4, -0.2) is 22.5 Å². The molecule has 72 valence electrons. The van der Waals surface area contributed by atoms with Gasteiger partial charge in [0.2, 0.25) is 0 Å². The lowest BCUT2D eigenvalue weighted by Gasteiger charge is -2.00. The Morgan fingerprint density at radius 3 is 3.14 bits per heavy atom. The van der Waals surface area contributed by atoms with Gasteiger partial charge in [0.05, 0.1) is 18.9 Å². The van der Waals surface area contributed by atoms with Gasteiger partial charge in [-0.3, -0.25) is 4.40 Å². The predicted octanol–water partition coefficient (Wildman–Crippen LogP) is 0.703. The highest BCUT2D eigenvalue weighted by Crippen LogP contribution is 2.10. The summed E-state index contributed by atoms with van der Waals surface area (Å²) >= 11 is 0. The van der Waals surface area contributed by atoms with Gasteiger partial charge < -0.3 is 10.5 Å². The van der Waals surface area contributed by atoms with Gasteiger partial charge in [-0.05, 0) is 12.1 Å². The molecule has 0 unspecified atom stereocenters. The highest BCUT2D eigenvalue weighted by molar-refractivity contribution is 5.90. The Labute approximate surface area is 80.1 Å². The molecule has 0 aliphatic rings. The number of nitrogens with two attached hydrogens (primary N) is 1. The number of carbonyl (C=O) groups excluding carboxylic acids is 1. The van der Waals surface area contributed by atoms with Crippen LogP contribution in [0, 0.1) is 0 Å². The summed E-state index contributed by atoms with van der Waals surface area (Å²) in [5.74, 6) is 0.158. The van der Waals surface area contributed by atoms with Crippen LogP contribution in [0.2, 0.25) is 0 Å². The Morgan fingerprint density at radius 2 is 2.43 bits per heavy atom. The van der Waals surface area contributed by atoms with Gasteiger partial charge in [-0.15, -0.1) is 0 Å². The quantitative estimate of drug-likeness (QED) is 0.674. The predicted molar refractivity (Wildman–Crippen MR) is 50.9 cm³/mol. The summed E-state index contributed by atoms with van der Waals surface area (Å²) in [6, 6.07) is 3.26. The van der Waals surface area contributed by atoms with Crippen LogP contribution in [0.25, 0.3) is 5.65 Å². The lowest BCUT2D eigenvalue weighted by molar-refractivity contribution is 0.0600. The Kier molecular flexibility index (Phi) is 1.85. The normalized spacial score (nSPS) is 10.4. The van der Waals surface area contributed by atoms with Crippen LogP contribution in [0.4, 0.5) is 5.82 Å². The summed E-state index contributed by atoms with van der Waals surface area (Å²) < 4.78 is 6.27. The molecule has 0 radical (unpaired) electrons. The number of carbonyl (C=O) groups is 1. The van der Waals surface area contributed by atoms with E-state index in [0.717, 1.165) is 0 Å². The molecule has 0 amide bonds. The first-order valence-electron chi connectivity index (χ1n) is 4.03. The molecule has 5 heteroatoms. The molecule has 0 aliphatic heterocycles. The molecular formula is C9H9N3O2. The van der Waals surface area contributed by atoms with Crippen molar-refractivity contribution in [3.63, 3.8) is 0 Å². The van der Waals surface area contributed by atoms with Gasteiger partial charge in [-0.25, -0.2) is 9.78 Å². The molecular weight excluding hydrogens is 182 g/mol. The third kappa shape index (κ3) is 1.19. The summed E-state index contributed by atoms with van der Waals surface area (Å²) in [4.78, 5) is 15.2. The van der Waals surface area contributed by atoms with Crippen molar-refractivity contribution in [1.29, 1.82) is 0 Å². The van der Waals surface area contributed by atoms with Crippen LogP contribution in [-0.2, 0) is 4.74 Å². The highest BCUT2D eigenvalue weighted by atomic mass is 16.5. The van der Waals surface area contributed by atoms with Gasteiger partial charge >= 0.3 is 5.97 Å². The minimum atomic E-state index is -0.380. The van der Waals surface area contributed by atoms with E-state index < -0.39 is 0 Å². The molecule has 5 nitrogen and oxygen atoms in total. The maximum Gasteiger partial charge on any atom is 0.338 e. The average Bonchev–Trinajstić information content (AvgIpc) is 2.59. The number of fused-ring (bicyclic) bond motifs is 1. The monoisotopic (exact) mass is 191 g/mol. The van der Waals surface area contributed by atoms with Crippen molar-refractivity contribution in [3.05, 3.63) is 30.1 Å². The summed E-state index contributed by atoms with van der Waals surface area (Å²) in [6.07, 6.45) is 3.22. The maximum absolute atomic E-state index is 11.2. The number of imidazole rings is 1. The summed E-state index contributed by atoms with van der Waals surface area (Å²) in [6.45, 7) is 0. The number of esters is 1. The molecule has 2 rings (SSSR count). The van der Waals surface area contributed by atoms with Gasteiger partial charge in [-0.2, -0.15) is 0 Å². The number of aromatic nitrogens is 2. The fourth-order valence-electron chi connectivity index (χ4n) is 1.25. The van der Waals surface area contributed by atoms with Crippen LogP contribution < -0.4 is 5.73 Å². The number of pyridine rings is 1. The van der Waals surface area contributed by atoms with Crippen LogP contribution >= 0.6 is 0 Å². The van der Waals surface area contributed by atoms with Crippen molar-refractivity contribution in [2.24, 2.45) is 0 Å². The number of nitrogen functional groups attached to an aromatic ring is 1. The molecule has 0 aromatic carbocycles. The van der Waals surface area contributed by atoms with Gasteiger partial charge in [0.1, 0.15) is 11.5 Å². The van der Waals surface area contributed by atoms with E-state index in [9.17, 15) is 4.79 Å². The SMILES string of the molecule is COC(=O)c1ccn2c(N)cnc2c1. The standard InChI is InChI=1S/C9H9N3O2/c1-14-9(13)6-2-3-12-7(10)5-11-8(12)4-6/h2-5H,10H2,1H3. The van der Waals surface area contributed by atoms with Crippen LogP contribution in [0.15, 0.2) is 24.5 Å². The first kappa shape index (κ1) is 8.55. The minimum absolute atomic E-state index is 0.380. The Bertz CT molecular complexity index is 490. The largest absolute Gasteiger partial charge is 0.465 e. The number of rotatable bonds is 1. The van der Waals surface area contributed by atoms with Crippen molar-refractivity contribution in [3.8, 4) is 0 Å². The maximum atomic E-state index is 11.2. The zero-order valence-corrected chi connectivity index (χ0v) is 7.60. The zero-order valence-electron chi connectivity index (χ0n) is 7.60. The van der Waals surface area contributed by atoms with E-state index in [2.05, 4.69) is 9.72 Å². The van der Waals surface area contributed by atoms with Crippen molar-refractivity contribution >= 4 is 17.4 Å². The van der Waals surface area contributed by atoms with Gasteiger partial charge in [-0.1, -0.05) is 0 Å². The second kappa shape index (κ2) is 3.02. The van der Waals surface area contributed by atoms with Crippen LogP contribution in [0.1, 0.15) is 10.4 Å². The van der Waals surface area contributed by atoms with Crippen molar-refractivity contribution in [2.75, 3.05) is 12.8 Å². The van der Waals surface area contributed by atoms with Gasteiger partial charge in [0.15, 0.2) is 0 Å². The Balaban J connectivity index is 2.57. The van der Waals surface area contributed by atoms with Crippen molar-refractivity contribution in [1.82, 2.24) is 9.38 Å². The molecule has 0 bridgehead atoms. The van der Waals surface area contributed by atoms with E-state index in [0.29, 0.717) is 17.0 Å². The fraction of sp³-hybridized carbons (Fsp3) is 0.111. The third-order valence-electron chi connectivity index (χ3n) is 1.96. The lowest BCUT2D eigenvalue weighted by Crippen LogP contribution is -2.02. The smallest absolute Gasteiger partial charge is 0.338 e. The number of methoxy groups -OCH3 is 1. The number of hydrogen-bond donors (Lipinski definition) is 1. The van der Waals surface area contributed by atoms with E-state index in [1.165, 1.54) is 13.3 Å². The third-order valence-corrected chi connectivity index (χ3v) is 1.96. The van der Waals surface area contributed by atoms with Crippen LogP contribution in [0.3, 0.4) is 0 Å². The first-order valence-corrected chi connectivity index (χ1v) is 4.03. The molecule has 0 saturated carbocycles. The van der Waals surface area contributed by atoms with Gasteiger partial charge in [0, 0.05) is 6.20 Å². The first-order chi connectivity index (χ1) is 6.72. The lowest BCUT2D eigenvalue weighted by atomic mass is 10.3. The van der Waals surface area contributed by atoms with Gasteiger partial charge in [0.25, 0.3) is 0 Å². The average molecular weight is 191 g/mol. The van der Waals surface area contributed by atoms with E-state index >= 15 is 0 Å². The molecule has 0 atom stereocenters. The van der Waals surface area contributed by atoms with Crippen molar-refractivity contribution in [2.45, 2.75) is 0 Å². The topological polar surface area (TPSA) is 69.6 Å². The summed E-state index contributed by atoms with van der Waals surface area (Å²) in [5, 5.41) is 0. The van der Waals surface area contributed by atoms with Crippen LogP contribution in [0.5, 0.6) is 0 Å². The summed E-state index contributed by atoms with van der Waals surface area (Å²) in [7, 11) is 1.34. The highest BCUT2D eigenvalue weighted by Gasteiger charge is 2.07. The summed E-state index contributed by atoms with van der Waals surface area (Å²) in [5.41, 5.74) is 6.71. The zero-order chi connectivity index (χ0) is 10.1. The molecule has 2 aromatic heterocycles. The molecule has 0 fully saturated rings. The molecule has 14 heavy (non-hydrogen) atoms. The van der Waals surface area contributed by atoms with E-state index in [1.54, 1.807) is 22.7 Å². The molecule has 2 heterocycles. The van der Waals surface area contributed by atoms with E-state index in [4.69, 9.17) is 5.73 Å². The number of ether oxygens (including phenoxy) is 1. The second-order valence-electron chi connectivity index (χ2n) is 2.82. The van der Waals surface area contributed by atoms with Crippen molar-refractivity contribution < 1.29 is 9.53 Å². The molecule has 0 spiro atoms. The number of nitrogens with zero attached hydrogens (tertiary/aromatic N) is 2. The minimum Gasteiger partial charge on any atom is -0.465 e.